The van der Waals surface area contributed by atoms with E-state index in [1.165, 1.54) is 37.4 Å². The van der Waals surface area contributed by atoms with Gasteiger partial charge in [0.25, 0.3) is 0 Å². The minimum Gasteiger partial charge on any atom is -0.359 e. The summed E-state index contributed by atoms with van der Waals surface area (Å²) >= 11 is 0. The second kappa shape index (κ2) is 4.28. The molecule has 78 valence electrons. The molecule has 0 bridgehead atoms. The molecule has 1 saturated heterocycles. The van der Waals surface area contributed by atoms with E-state index in [0.29, 0.717) is 0 Å². The van der Waals surface area contributed by atoms with E-state index in [4.69, 9.17) is 0 Å². The van der Waals surface area contributed by atoms with Gasteiger partial charge in [-0.15, -0.1) is 0 Å². The van der Waals surface area contributed by atoms with Crippen LogP contribution in [0.1, 0.15) is 26.2 Å². The molecule has 1 fully saturated rings. The molecule has 1 unspecified atom stereocenters. The number of hydrogen-bond donors (Lipinski definition) is 1. The van der Waals surface area contributed by atoms with Crippen molar-refractivity contribution in [3.63, 3.8) is 0 Å². The van der Waals surface area contributed by atoms with Gasteiger partial charge in [0, 0.05) is 0 Å². The van der Waals surface area contributed by atoms with Crippen molar-refractivity contribution in [2.75, 3.05) is 0 Å². The van der Waals surface area contributed by atoms with E-state index in [-0.39, 0.29) is 0 Å². The topological polar surface area (TPSA) is 12.0 Å². The Bertz CT molecular complexity index is 170. The fourth-order valence-electron chi connectivity index (χ4n) is 2.62. The summed E-state index contributed by atoms with van der Waals surface area (Å²) in [6.07, 6.45) is 4.32. The highest BCUT2D eigenvalue weighted by Gasteiger charge is 2.37. The summed E-state index contributed by atoms with van der Waals surface area (Å²) in [5, 5.41) is 0. The van der Waals surface area contributed by atoms with Crippen LogP contribution in [0.4, 0.5) is 0 Å². The minimum absolute atomic E-state index is 0.964. The van der Waals surface area contributed by atoms with E-state index >= 15 is 0 Å². The Morgan fingerprint density at radius 2 is 1.85 bits per heavy atom. The SMILES string of the molecule is CCCC[Si]1(C)CCC[Si](C)(C)N1. The Hall–Kier alpha value is 0.394. The van der Waals surface area contributed by atoms with Crippen LogP contribution in [0.25, 0.3) is 0 Å². The minimum atomic E-state index is -0.981. The highest BCUT2D eigenvalue weighted by Crippen LogP contribution is 2.28. The van der Waals surface area contributed by atoms with Crippen molar-refractivity contribution in [3.8, 4) is 0 Å². The van der Waals surface area contributed by atoms with Gasteiger partial charge < -0.3 is 4.65 Å². The normalized spacial score (nSPS) is 33.2. The first-order valence-corrected chi connectivity index (χ1v) is 11.9. The van der Waals surface area contributed by atoms with Crippen molar-refractivity contribution in [1.82, 2.24) is 4.65 Å². The highest BCUT2D eigenvalue weighted by molar-refractivity contribution is 6.92. The summed E-state index contributed by atoms with van der Waals surface area (Å²) in [5.74, 6) is 0. The molecule has 1 heterocycles. The Morgan fingerprint density at radius 1 is 1.15 bits per heavy atom. The van der Waals surface area contributed by atoms with E-state index in [1.807, 2.05) is 0 Å². The van der Waals surface area contributed by atoms with Gasteiger partial charge in [-0.05, 0) is 18.1 Å². The molecule has 0 saturated carbocycles. The summed E-state index contributed by atoms with van der Waals surface area (Å²) in [6, 6.07) is 4.55. The second-order valence-electron chi connectivity index (χ2n) is 5.53. The van der Waals surface area contributed by atoms with Gasteiger partial charge >= 0.3 is 0 Å². The van der Waals surface area contributed by atoms with Crippen LogP contribution in [-0.4, -0.2) is 16.5 Å². The molecule has 0 aromatic carbocycles. The molecule has 0 aromatic rings. The van der Waals surface area contributed by atoms with Crippen molar-refractivity contribution < 1.29 is 0 Å². The van der Waals surface area contributed by atoms with Gasteiger partial charge in [0.2, 0.25) is 0 Å². The predicted molar refractivity (Wildman–Crippen MR) is 66.2 cm³/mol. The molecule has 1 aliphatic heterocycles. The molecule has 0 aliphatic carbocycles. The molecule has 1 rings (SSSR count). The lowest BCUT2D eigenvalue weighted by molar-refractivity contribution is 0.830. The maximum Gasteiger partial charge on any atom is 0.116 e. The number of unbranched alkanes of at least 4 members (excludes halogenated alkanes) is 1. The van der Waals surface area contributed by atoms with Gasteiger partial charge in [-0.2, -0.15) is 0 Å². The lowest BCUT2D eigenvalue weighted by atomic mass is 10.4. The van der Waals surface area contributed by atoms with Crippen LogP contribution in [-0.2, 0) is 0 Å². The number of rotatable bonds is 3. The van der Waals surface area contributed by atoms with Crippen molar-refractivity contribution in [1.29, 1.82) is 0 Å². The van der Waals surface area contributed by atoms with Crippen LogP contribution in [0, 0.1) is 0 Å². The van der Waals surface area contributed by atoms with Crippen molar-refractivity contribution >= 4 is 16.5 Å². The molecule has 3 heteroatoms. The van der Waals surface area contributed by atoms with Gasteiger partial charge in [-0.3, -0.25) is 0 Å². The van der Waals surface area contributed by atoms with Crippen LogP contribution < -0.4 is 4.65 Å². The summed E-state index contributed by atoms with van der Waals surface area (Å²) in [7, 11) is -1.95. The molecule has 0 spiro atoms. The molecule has 0 amide bonds. The molecule has 1 nitrogen and oxygen atoms in total. The quantitative estimate of drug-likeness (QED) is 0.710. The van der Waals surface area contributed by atoms with Crippen LogP contribution in [0.3, 0.4) is 0 Å². The van der Waals surface area contributed by atoms with Crippen LogP contribution in [0.15, 0.2) is 0 Å². The largest absolute Gasteiger partial charge is 0.359 e. The predicted octanol–water partition coefficient (Wildman–Crippen LogP) is 3.56. The van der Waals surface area contributed by atoms with E-state index in [2.05, 4.69) is 31.2 Å². The van der Waals surface area contributed by atoms with Crippen molar-refractivity contribution in [2.45, 2.75) is 64.0 Å². The fourth-order valence-corrected chi connectivity index (χ4v) is 14.4. The van der Waals surface area contributed by atoms with Crippen LogP contribution in [0.5, 0.6) is 0 Å². The summed E-state index contributed by atoms with van der Waals surface area (Å²) < 4.78 is 4.08. The lowest BCUT2D eigenvalue weighted by Crippen LogP contribution is -2.63. The molecular formula is C10H25NSi2. The summed E-state index contributed by atoms with van der Waals surface area (Å²) in [5.41, 5.74) is 0. The Balaban J connectivity index is 2.47. The zero-order valence-electron chi connectivity index (χ0n) is 9.74. The molecule has 1 N–H and O–H groups in total. The van der Waals surface area contributed by atoms with Gasteiger partial charge in [0.1, 0.15) is 16.5 Å². The molecule has 0 aromatic heterocycles. The second-order valence-corrected chi connectivity index (χ2v) is 14.9. The first kappa shape index (κ1) is 11.5. The standard InChI is InChI=1S/C10H25NSi2/c1-5-6-9-13(4)10-7-8-12(2,3)11-13/h11H,5-10H2,1-4H3. The van der Waals surface area contributed by atoms with Crippen molar-refractivity contribution in [2.24, 2.45) is 0 Å². The maximum absolute atomic E-state index is 4.08. The zero-order chi connectivity index (χ0) is 9.95. The first-order chi connectivity index (χ1) is 5.97. The monoisotopic (exact) mass is 215 g/mol. The number of hydrogen-bond acceptors (Lipinski definition) is 1. The Kier molecular flexibility index (Phi) is 3.77. The smallest absolute Gasteiger partial charge is 0.116 e. The van der Waals surface area contributed by atoms with Crippen molar-refractivity contribution in [3.05, 3.63) is 0 Å². The molecule has 13 heavy (non-hydrogen) atoms. The first-order valence-electron chi connectivity index (χ1n) is 5.77. The summed E-state index contributed by atoms with van der Waals surface area (Å²) in [6.45, 7) is 9.88. The van der Waals surface area contributed by atoms with Gasteiger partial charge in [-0.25, -0.2) is 0 Å². The van der Waals surface area contributed by atoms with Gasteiger partial charge in [-0.1, -0.05) is 45.8 Å². The van der Waals surface area contributed by atoms with Crippen LogP contribution >= 0.6 is 0 Å². The fraction of sp³-hybridized carbons (Fsp3) is 1.00. The lowest BCUT2D eigenvalue weighted by Gasteiger charge is -2.42. The molecule has 0 radical (unpaired) electrons. The molecule has 1 atom stereocenters. The third-order valence-electron chi connectivity index (χ3n) is 3.25. The van der Waals surface area contributed by atoms with E-state index in [0.717, 1.165) is 0 Å². The third-order valence-corrected chi connectivity index (χ3v) is 12.9. The van der Waals surface area contributed by atoms with Gasteiger partial charge in [0.15, 0.2) is 0 Å². The zero-order valence-corrected chi connectivity index (χ0v) is 11.7. The van der Waals surface area contributed by atoms with Crippen LogP contribution in [0.2, 0.25) is 37.8 Å². The summed E-state index contributed by atoms with van der Waals surface area (Å²) in [4.78, 5) is 0. The number of nitrogens with one attached hydrogen (secondary N) is 1. The molecular weight excluding hydrogens is 190 g/mol. The van der Waals surface area contributed by atoms with Gasteiger partial charge in [0.05, 0.1) is 0 Å². The average Bonchev–Trinajstić information content (AvgIpc) is 1.98. The molecule has 1 aliphatic rings. The maximum atomic E-state index is 4.08. The van der Waals surface area contributed by atoms with E-state index < -0.39 is 16.5 Å². The Labute approximate surface area is 85.5 Å². The highest BCUT2D eigenvalue weighted by atomic mass is 28.4. The van der Waals surface area contributed by atoms with E-state index in [1.54, 1.807) is 0 Å². The Morgan fingerprint density at radius 3 is 2.38 bits per heavy atom. The third kappa shape index (κ3) is 3.56. The van der Waals surface area contributed by atoms with E-state index in [9.17, 15) is 0 Å². The average molecular weight is 215 g/mol.